The van der Waals surface area contributed by atoms with Gasteiger partial charge in [0.2, 0.25) is 5.91 Å². The molecule has 2 saturated heterocycles. The van der Waals surface area contributed by atoms with Crippen LogP contribution in [0.4, 0.5) is 5.82 Å². The SMILES string of the molecule is CN(CC1CN(C(=O)CC2CCCCO2)CCO1)c1nccn(C)c1=O. The predicted molar refractivity (Wildman–Crippen MR) is 97.3 cm³/mol. The maximum atomic E-state index is 12.6. The van der Waals surface area contributed by atoms with Crippen molar-refractivity contribution in [3.05, 3.63) is 22.7 Å². The molecule has 0 aromatic carbocycles. The van der Waals surface area contributed by atoms with Crippen molar-refractivity contribution in [2.24, 2.45) is 7.05 Å². The van der Waals surface area contributed by atoms with Gasteiger partial charge in [-0.1, -0.05) is 0 Å². The first-order valence-electron chi connectivity index (χ1n) is 9.28. The van der Waals surface area contributed by atoms with Crippen LogP contribution in [0, 0.1) is 0 Å². The van der Waals surface area contributed by atoms with Crippen LogP contribution in [-0.4, -0.2) is 72.5 Å². The van der Waals surface area contributed by atoms with Crippen molar-refractivity contribution >= 4 is 11.7 Å². The number of anilines is 1. The van der Waals surface area contributed by atoms with Crippen LogP contribution in [0.5, 0.6) is 0 Å². The maximum absolute atomic E-state index is 12.6. The van der Waals surface area contributed by atoms with E-state index in [2.05, 4.69) is 4.98 Å². The Morgan fingerprint density at radius 3 is 2.88 bits per heavy atom. The smallest absolute Gasteiger partial charge is 0.293 e. The number of ether oxygens (including phenoxy) is 2. The molecule has 2 aliphatic heterocycles. The fourth-order valence-electron chi connectivity index (χ4n) is 3.49. The Morgan fingerprint density at radius 2 is 2.12 bits per heavy atom. The number of amides is 1. The summed E-state index contributed by atoms with van der Waals surface area (Å²) in [7, 11) is 3.52. The minimum atomic E-state index is -0.145. The van der Waals surface area contributed by atoms with E-state index in [0.717, 1.165) is 25.9 Å². The highest BCUT2D eigenvalue weighted by Gasteiger charge is 2.28. The molecule has 144 valence electrons. The largest absolute Gasteiger partial charge is 0.378 e. The molecule has 3 heterocycles. The third-order valence-corrected chi connectivity index (χ3v) is 5.01. The van der Waals surface area contributed by atoms with E-state index in [1.807, 2.05) is 11.9 Å². The normalized spacial score (nSPS) is 23.7. The van der Waals surface area contributed by atoms with Gasteiger partial charge in [-0.05, 0) is 19.3 Å². The summed E-state index contributed by atoms with van der Waals surface area (Å²) in [6.45, 7) is 2.92. The van der Waals surface area contributed by atoms with Crippen molar-refractivity contribution in [3.63, 3.8) is 0 Å². The number of aromatic nitrogens is 2. The lowest BCUT2D eigenvalue weighted by molar-refractivity contribution is -0.142. The van der Waals surface area contributed by atoms with Gasteiger partial charge in [-0.25, -0.2) is 4.98 Å². The molecule has 2 fully saturated rings. The summed E-state index contributed by atoms with van der Waals surface area (Å²) in [5, 5.41) is 0. The molecule has 2 unspecified atom stereocenters. The summed E-state index contributed by atoms with van der Waals surface area (Å²) >= 11 is 0. The van der Waals surface area contributed by atoms with Gasteiger partial charge in [0.1, 0.15) is 0 Å². The average Bonchev–Trinajstić information content (AvgIpc) is 2.65. The number of hydrogen-bond acceptors (Lipinski definition) is 6. The first kappa shape index (κ1) is 18.8. The Bertz CT molecular complexity index is 671. The summed E-state index contributed by atoms with van der Waals surface area (Å²) in [5.41, 5.74) is -0.145. The van der Waals surface area contributed by atoms with Crippen LogP contribution in [0.3, 0.4) is 0 Å². The Labute approximate surface area is 153 Å². The Balaban J connectivity index is 1.55. The Hall–Kier alpha value is -1.93. The van der Waals surface area contributed by atoms with E-state index in [4.69, 9.17) is 9.47 Å². The monoisotopic (exact) mass is 364 g/mol. The molecule has 2 atom stereocenters. The van der Waals surface area contributed by atoms with Gasteiger partial charge in [0.15, 0.2) is 5.82 Å². The number of likely N-dealkylation sites (N-methyl/N-ethyl adjacent to an activating group) is 1. The number of rotatable bonds is 5. The second-order valence-corrected chi connectivity index (χ2v) is 7.07. The number of nitrogens with zero attached hydrogens (tertiary/aromatic N) is 4. The minimum Gasteiger partial charge on any atom is -0.378 e. The fraction of sp³-hybridized carbons (Fsp3) is 0.722. The maximum Gasteiger partial charge on any atom is 0.293 e. The topological polar surface area (TPSA) is 76.9 Å². The molecule has 8 nitrogen and oxygen atoms in total. The molecule has 8 heteroatoms. The van der Waals surface area contributed by atoms with Crippen LogP contribution in [-0.2, 0) is 21.3 Å². The molecule has 0 spiro atoms. The van der Waals surface area contributed by atoms with Crippen molar-refractivity contribution in [2.45, 2.75) is 37.9 Å². The zero-order valence-electron chi connectivity index (χ0n) is 15.6. The molecule has 0 bridgehead atoms. The highest BCUT2D eigenvalue weighted by molar-refractivity contribution is 5.76. The van der Waals surface area contributed by atoms with E-state index in [1.165, 1.54) is 4.57 Å². The van der Waals surface area contributed by atoms with Crippen molar-refractivity contribution in [2.75, 3.05) is 44.8 Å². The molecule has 0 radical (unpaired) electrons. The molecular formula is C18H28N4O4. The molecule has 1 aromatic rings. The second-order valence-electron chi connectivity index (χ2n) is 7.07. The first-order valence-corrected chi connectivity index (χ1v) is 9.28. The lowest BCUT2D eigenvalue weighted by Gasteiger charge is -2.36. The molecule has 0 saturated carbocycles. The highest BCUT2D eigenvalue weighted by atomic mass is 16.5. The summed E-state index contributed by atoms with van der Waals surface area (Å²) in [6.07, 6.45) is 6.78. The number of hydrogen-bond donors (Lipinski definition) is 0. The average molecular weight is 364 g/mol. The molecule has 1 aromatic heterocycles. The van der Waals surface area contributed by atoms with Gasteiger partial charge in [0.25, 0.3) is 5.56 Å². The van der Waals surface area contributed by atoms with Gasteiger partial charge in [-0.15, -0.1) is 0 Å². The minimum absolute atomic E-state index is 0.0526. The second kappa shape index (κ2) is 8.64. The molecule has 3 rings (SSSR count). The fourth-order valence-corrected chi connectivity index (χ4v) is 3.49. The summed E-state index contributed by atoms with van der Waals surface area (Å²) in [5.74, 6) is 0.513. The summed E-state index contributed by atoms with van der Waals surface area (Å²) in [4.78, 5) is 32.6. The van der Waals surface area contributed by atoms with E-state index in [0.29, 0.717) is 38.5 Å². The van der Waals surface area contributed by atoms with E-state index in [9.17, 15) is 9.59 Å². The highest BCUT2D eigenvalue weighted by Crippen LogP contribution is 2.18. The van der Waals surface area contributed by atoms with Crippen molar-refractivity contribution < 1.29 is 14.3 Å². The molecule has 26 heavy (non-hydrogen) atoms. The van der Waals surface area contributed by atoms with Gasteiger partial charge in [-0.2, -0.15) is 0 Å². The van der Waals surface area contributed by atoms with Crippen LogP contribution < -0.4 is 10.5 Å². The van der Waals surface area contributed by atoms with E-state index in [-0.39, 0.29) is 23.7 Å². The lowest BCUT2D eigenvalue weighted by atomic mass is 10.1. The lowest BCUT2D eigenvalue weighted by Crippen LogP contribution is -2.50. The van der Waals surface area contributed by atoms with Crippen molar-refractivity contribution in [1.29, 1.82) is 0 Å². The van der Waals surface area contributed by atoms with Crippen molar-refractivity contribution in [1.82, 2.24) is 14.5 Å². The summed E-state index contributed by atoms with van der Waals surface area (Å²) in [6, 6.07) is 0. The Morgan fingerprint density at radius 1 is 1.31 bits per heavy atom. The van der Waals surface area contributed by atoms with Crippen LogP contribution >= 0.6 is 0 Å². The van der Waals surface area contributed by atoms with Gasteiger partial charge < -0.3 is 23.8 Å². The zero-order valence-corrected chi connectivity index (χ0v) is 15.6. The number of carbonyl (C=O) groups excluding carboxylic acids is 1. The van der Waals surface area contributed by atoms with Crippen LogP contribution in [0.15, 0.2) is 17.2 Å². The van der Waals surface area contributed by atoms with Gasteiger partial charge >= 0.3 is 0 Å². The van der Waals surface area contributed by atoms with Gasteiger partial charge in [-0.3, -0.25) is 9.59 Å². The Kier molecular flexibility index (Phi) is 6.26. The quantitative estimate of drug-likeness (QED) is 0.753. The number of carbonyl (C=O) groups is 1. The van der Waals surface area contributed by atoms with E-state index >= 15 is 0 Å². The molecule has 0 aliphatic carbocycles. The molecule has 0 N–H and O–H groups in total. The van der Waals surface area contributed by atoms with E-state index in [1.54, 1.807) is 24.3 Å². The molecule has 2 aliphatic rings. The molecule has 1 amide bonds. The third kappa shape index (κ3) is 4.62. The zero-order chi connectivity index (χ0) is 18.5. The van der Waals surface area contributed by atoms with Crippen LogP contribution in [0.1, 0.15) is 25.7 Å². The molecular weight excluding hydrogens is 336 g/mol. The summed E-state index contributed by atoms with van der Waals surface area (Å²) < 4.78 is 13.0. The van der Waals surface area contributed by atoms with E-state index < -0.39 is 0 Å². The third-order valence-electron chi connectivity index (χ3n) is 5.01. The van der Waals surface area contributed by atoms with Gasteiger partial charge in [0.05, 0.1) is 25.2 Å². The predicted octanol–water partition coefficient (Wildman–Crippen LogP) is 0.403. The first-order chi connectivity index (χ1) is 12.5. The van der Waals surface area contributed by atoms with Gasteiger partial charge in [0, 0.05) is 52.7 Å². The standard InChI is InChI=1S/C18H28N4O4/c1-20-7-6-19-17(18(20)24)21(2)12-15-13-22(8-10-26-15)16(23)11-14-5-3-4-9-25-14/h6-7,14-15H,3-5,8-13H2,1-2H3. The number of aryl methyl sites for hydroxylation is 1. The van der Waals surface area contributed by atoms with Crippen LogP contribution in [0.2, 0.25) is 0 Å². The van der Waals surface area contributed by atoms with Crippen LogP contribution in [0.25, 0.3) is 0 Å². The van der Waals surface area contributed by atoms with Crippen molar-refractivity contribution in [3.8, 4) is 0 Å². The number of morpholine rings is 1.